The van der Waals surface area contributed by atoms with Crippen LogP contribution in [0.1, 0.15) is 28.8 Å². The number of carboxylic acid groups (broad SMARTS) is 2. The van der Waals surface area contributed by atoms with Crippen molar-refractivity contribution in [1.29, 1.82) is 0 Å². The van der Waals surface area contributed by atoms with E-state index in [4.69, 9.17) is 28.3 Å². The second-order valence-corrected chi connectivity index (χ2v) is 7.73. The first-order valence-electron chi connectivity index (χ1n) is 8.82. The van der Waals surface area contributed by atoms with E-state index in [1.807, 2.05) is 0 Å². The molecule has 1 unspecified atom stereocenters. The van der Waals surface area contributed by atoms with Crippen LogP contribution in [-0.4, -0.2) is 45.2 Å². The zero-order valence-corrected chi connectivity index (χ0v) is 16.7. The van der Waals surface area contributed by atoms with Crippen molar-refractivity contribution in [3.8, 4) is 0 Å². The van der Waals surface area contributed by atoms with E-state index in [0.29, 0.717) is 27.7 Å². The van der Waals surface area contributed by atoms with Crippen LogP contribution < -0.4 is 5.32 Å². The number of aliphatic carboxylic acids is 1. The second kappa shape index (κ2) is 8.31. The summed E-state index contributed by atoms with van der Waals surface area (Å²) in [5.74, 6) is -2.18. The van der Waals surface area contributed by atoms with Crippen LogP contribution in [-0.2, 0) is 11.2 Å². The molecule has 1 heterocycles. The molecule has 0 saturated carbocycles. The predicted molar refractivity (Wildman–Crippen MR) is 109 cm³/mol. The minimum Gasteiger partial charge on any atom is -0.479 e. The van der Waals surface area contributed by atoms with E-state index in [0.717, 1.165) is 0 Å². The number of rotatable bonds is 5. The molecular weight excluding hydrogens is 419 g/mol. The second-order valence-electron chi connectivity index (χ2n) is 6.86. The molecule has 1 aliphatic rings. The number of halogens is 2. The van der Waals surface area contributed by atoms with E-state index in [-0.39, 0.29) is 24.9 Å². The summed E-state index contributed by atoms with van der Waals surface area (Å²) in [6, 6.07) is 9.98. The van der Waals surface area contributed by atoms with Crippen LogP contribution in [0.25, 0.3) is 0 Å². The van der Waals surface area contributed by atoms with E-state index in [2.05, 4.69) is 5.32 Å². The molecule has 2 aromatic carbocycles. The van der Waals surface area contributed by atoms with Gasteiger partial charge in [0.05, 0.1) is 5.56 Å². The molecule has 0 bridgehead atoms. The molecule has 1 aliphatic heterocycles. The molecule has 1 atom stereocenters. The fourth-order valence-electron chi connectivity index (χ4n) is 3.58. The topological polar surface area (TPSA) is 107 Å². The maximum absolute atomic E-state index is 12.9. The Morgan fingerprint density at radius 3 is 2.21 bits per heavy atom. The molecule has 1 fully saturated rings. The van der Waals surface area contributed by atoms with Crippen molar-refractivity contribution in [2.75, 3.05) is 11.9 Å². The average Bonchev–Trinajstić information content (AvgIpc) is 3.06. The standard InChI is InChI=1S/C20H18Cl2N2O5/c21-14-8-15(22)10-16(9-14)23-19(29)24-7-1-6-20(24,18(27)28)11-12-2-4-13(5-3-12)17(25)26/h2-5,8-10H,1,6-7,11H2,(H,23,29)(H,25,26)(H,27,28). The Balaban J connectivity index is 1.85. The third-order valence-corrected chi connectivity index (χ3v) is 5.38. The molecule has 29 heavy (non-hydrogen) atoms. The van der Waals surface area contributed by atoms with E-state index in [1.165, 1.54) is 35.2 Å². The summed E-state index contributed by atoms with van der Waals surface area (Å²) in [4.78, 5) is 37.4. The van der Waals surface area contributed by atoms with Gasteiger partial charge in [-0.05, 0) is 48.7 Å². The van der Waals surface area contributed by atoms with E-state index in [9.17, 15) is 19.5 Å². The first-order chi connectivity index (χ1) is 13.7. The van der Waals surface area contributed by atoms with Gasteiger partial charge in [0.1, 0.15) is 5.54 Å². The highest BCUT2D eigenvalue weighted by molar-refractivity contribution is 6.35. The summed E-state index contributed by atoms with van der Waals surface area (Å²) in [6.45, 7) is 0.277. The molecular formula is C20H18Cl2N2O5. The zero-order valence-electron chi connectivity index (χ0n) is 15.2. The first kappa shape index (κ1) is 21.0. The van der Waals surface area contributed by atoms with Gasteiger partial charge in [-0.1, -0.05) is 35.3 Å². The van der Waals surface area contributed by atoms with Crippen molar-refractivity contribution in [2.45, 2.75) is 24.8 Å². The van der Waals surface area contributed by atoms with Gasteiger partial charge in [0.25, 0.3) is 0 Å². The van der Waals surface area contributed by atoms with E-state index in [1.54, 1.807) is 12.1 Å². The van der Waals surface area contributed by atoms with Crippen LogP contribution in [0, 0.1) is 0 Å². The number of carbonyl (C=O) groups excluding carboxylic acids is 1. The highest BCUT2D eigenvalue weighted by Crippen LogP contribution is 2.34. The minimum absolute atomic E-state index is 0.0615. The largest absolute Gasteiger partial charge is 0.479 e. The van der Waals surface area contributed by atoms with Crippen LogP contribution in [0.3, 0.4) is 0 Å². The van der Waals surface area contributed by atoms with Crippen molar-refractivity contribution in [2.24, 2.45) is 0 Å². The molecule has 1 saturated heterocycles. The Morgan fingerprint density at radius 1 is 1.03 bits per heavy atom. The minimum atomic E-state index is -1.43. The maximum Gasteiger partial charge on any atom is 0.335 e. The molecule has 9 heteroatoms. The highest BCUT2D eigenvalue weighted by Gasteiger charge is 2.50. The van der Waals surface area contributed by atoms with Crippen LogP contribution in [0.4, 0.5) is 10.5 Å². The lowest BCUT2D eigenvalue weighted by Crippen LogP contribution is -2.55. The van der Waals surface area contributed by atoms with Crippen LogP contribution in [0.2, 0.25) is 10.0 Å². The third kappa shape index (κ3) is 4.46. The number of nitrogens with one attached hydrogen (secondary N) is 1. The molecule has 3 rings (SSSR count). The van der Waals surface area contributed by atoms with Gasteiger partial charge < -0.3 is 20.4 Å². The van der Waals surface area contributed by atoms with Gasteiger partial charge >= 0.3 is 18.0 Å². The lowest BCUT2D eigenvalue weighted by Gasteiger charge is -2.35. The monoisotopic (exact) mass is 436 g/mol. The Morgan fingerprint density at radius 2 is 1.66 bits per heavy atom. The molecule has 7 nitrogen and oxygen atoms in total. The number of amides is 2. The Hall–Kier alpha value is -2.77. The maximum atomic E-state index is 12.9. The van der Waals surface area contributed by atoms with Crippen molar-refractivity contribution in [3.63, 3.8) is 0 Å². The van der Waals surface area contributed by atoms with Crippen molar-refractivity contribution in [3.05, 3.63) is 63.6 Å². The molecule has 0 aliphatic carbocycles. The molecule has 0 aromatic heterocycles. The molecule has 0 radical (unpaired) electrons. The summed E-state index contributed by atoms with van der Waals surface area (Å²) in [5.41, 5.74) is -0.332. The fourth-order valence-corrected chi connectivity index (χ4v) is 4.10. The number of benzene rings is 2. The molecule has 152 valence electrons. The Bertz CT molecular complexity index is 944. The van der Waals surface area contributed by atoms with Gasteiger partial charge in [0.15, 0.2) is 0 Å². The van der Waals surface area contributed by atoms with Gasteiger partial charge in [-0.2, -0.15) is 0 Å². The number of anilines is 1. The number of nitrogens with zero attached hydrogens (tertiary/aromatic N) is 1. The zero-order chi connectivity index (χ0) is 21.2. The molecule has 0 spiro atoms. The lowest BCUT2D eigenvalue weighted by molar-refractivity contribution is -0.148. The molecule has 2 aromatic rings. The van der Waals surface area contributed by atoms with Gasteiger partial charge in [-0.25, -0.2) is 14.4 Å². The number of aromatic carboxylic acids is 1. The fraction of sp³-hybridized carbons (Fsp3) is 0.250. The highest BCUT2D eigenvalue weighted by atomic mass is 35.5. The molecule has 3 N–H and O–H groups in total. The van der Waals surface area contributed by atoms with Crippen molar-refractivity contribution in [1.82, 2.24) is 4.90 Å². The number of urea groups is 1. The third-order valence-electron chi connectivity index (χ3n) is 4.94. The van der Waals surface area contributed by atoms with Gasteiger partial charge in [0, 0.05) is 28.7 Å². The van der Waals surface area contributed by atoms with Crippen molar-refractivity contribution >= 4 is 46.9 Å². The quantitative estimate of drug-likeness (QED) is 0.644. The number of carbonyl (C=O) groups is 3. The number of likely N-dealkylation sites (tertiary alicyclic amines) is 1. The lowest BCUT2D eigenvalue weighted by atomic mass is 9.88. The van der Waals surface area contributed by atoms with Crippen molar-refractivity contribution < 1.29 is 24.6 Å². The van der Waals surface area contributed by atoms with E-state index < -0.39 is 23.5 Å². The van der Waals surface area contributed by atoms with E-state index >= 15 is 0 Å². The SMILES string of the molecule is O=C(O)c1ccc(CC2(C(=O)O)CCCN2C(=O)Nc2cc(Cl)cc(Cl)c2)cc1. The Kier molecular flexibility index (Phi) is 6.00. The van der Waals surface area contributed by atoms with Gasteiger partial charge in [-0.15, -0.1) is 0 Å². The summed E-state index contributed by atoms with van der Waals surface area (Å²) >= 11 is 11.9. The summed E-state index contributed by atoms with van der Waals surface area (Å²) in [7, 11) is 0. The number of hydrogen-bond acceptors (Lipinski definition) is 3. The van der Waals surface area contributed by atoms with Gasteiger partial charge in [0.2, 0.25) is 0 Å². The van der Waals surface area contributed by atoms with Crippen LogP contribution >= 0.6 is 23.2 Å². The normalized spacial score (nSPS) is 18.5. The Labute approximate surface area is 176 Å². The smallest absolute Gasteiger partial charge is 0.335 e. The average molecular weight is 437 g/mol. The van der Waals surface area contributed by atoms with Crippen LogP contribution in [0.5, 0.6) is 0 Å². The predicted octanol–water partition coefficient (Wildman–Crippen LogP) is 4.39. The van der Waals surface area contributed by atoms with Gasteiger partial charge in [-0.3, -0.25) is 0 Å². The summed E-state index contributed by atoms with van der Waals surface area (Å²) in [5, 5.41) is 22.4. The first-order valence-corrected chi connectivity index (χ1v) is 9.57. The summed E-state index contributed by atoms with van der Waals surface area (Å²) in [6.07, 6.45) is 0.877. The number of hydrogen-bond donors (Lipinski definition) is 3. The molecule has 2 amide bonds. The summed E-state index contributed by atoms with van der Waals surface area (Å²) < 4.78 is 0. The van der Waals surface area contributed by atoms with Crippen LogP contribution in [0.15, 0.2) is 42.5 Å². The number of carboxylic acids is 2.